The van der Waals surface area contributed by atoms with Gasteiger partial charge in [-0.15, -0.1) is 0 Å². The molecule has 126 valence electrons. The molecule has 0 bridgehead atoms. The van der Waals surface area contributed by atoms with Crippen molar-refractivity contribution >= 4 is 16.9 Å². The molecule has 0 fully saturated rings. The van der Waals surface area contributed by atoms with E-state index >= 15 is 0 Å². The molecule has 8 heteroatoms. The number of para-hydroxylation sites is 1. The Labute approximate surface area is 138 Å². The molecule has 0 saturated carbocycles. The molecule has 1 heterocycles. The molecule has 0 saturated heterocycles. The number of furan rings is 1. The summed E-state index contributed by atoms with van der Waals surface area (Å²) in [5.41, 5.74) is -1.19. The summed E-state index contributed by atoms with van der Waals surface area (Å²) in [4.78, 5) is 11.2. The van der Waals surface area contributed by atoms with Crippen LogP contribution in [0.5, 0.6) is 5.75 Å². The molecule has 1 N–H and O–H groups in total. The predicted molar refractivity (Wildman–Crippen MR) is 77.8 cm³/mol. The quantitative estimate of drug-likeness (QED) is 0.762. The van der Waals surface area contributed by atoms with E-state index in [2.05, 4.69) is 0 Å². The molecular formula is C17H7F3NO4-. The van der Waals surface area contributed by atoms with Crippen molar-refractivity contribution in [2.75, 3.05) is 0 Å². The maximum Gasteiger partial charge on any atom is 0.449 e. The molecule has 0 radical (unpaired) electrons. The van der Waals surface area contributed by atoms with Gasteiger partial charge < -0.3 is 14.6 Å². The lowest BCUT2D eigenvalue weighted by atomic mass is 9.97. The van der Waals surface area contributed by atoms with E-state index in [1.165, 1.54) is 18.2 Å². The summed E-state index contributed by atoms with van der Waals surface area (Å²) >= 11 is 0. The van der Waals surface area contributed by atoms with Gasteiger partial charge in [-0.2, -0.15) is 18.4 Å². The highest BCUT2D eigenvalue weighted by atomic mass is 19.4. The summed E-state index contributed by atoms with van der Waals surface area (Å²) in [7, 11) is 0. The van der Waals surface area contributed by atoms with Crippen LogP contribution in [0.2, 0.25) is 0 Å². The normalized spacial score (nSPS) is 11.4. The SMILES string of the molecule is N#Cc1cc(C(=O)O)c([O-])c(-c2cccc3cc(C(F)(F)F)oc23)c1. The Bertz CT molecular complexity index is 1040. The summed E-state index contributed by atoms with van der Waals surface area (Å²) in [5, 5.41) is 30.6. The largest absolute Gasteiger partial charge is 0.871 e. The first kappa shape index (κ1) is 16.4. The van der Waals surface area contributed by atoms with Gasteiger partial charge in [0.2, 0.25) is 5.76 Å². The van der Waals surface area contributed by atoms with E-state index in [-0.39, 0.29) is 27.7 Å². The summed E-state index contributed by atoms with van der Waals surface area (Å²) in [6.45, 7) is 0. The average Bonchev–Trinajstić information content (AvgIpc) is 2.99. The number of carboxylic acid groups (broad SMARTS) is 1. The van der Waals surface area contributed by atoms with Crippen molar-refractivity contribution in [2.45, 2.75) is 6.18 Å². The van der Waals surface area contributed by atoms with Crippen molar-refractivity contribution in [3.05, 3.63) is 53.3 Å². The third-order valence-corrected chi connectivity index (χ3v) is 3.56. The van der Waals surface area contributed by atoms with Crippen LogP contribution in [0.4, 0.5) is 13.2 Å². The van der Waals surface area contributed by atoms with E-state index in [0.29, 0.717) is 0 Å². The number of benzene rings is 2. The van der Waals surface area contributed by atoms with E-state index in [0.717, 1.165) is 18.2 Å². The molecule has 3 rings (SSSR count). The molecule has 0 spiro atoms. The zero-order valence-corrected chi connectivity index (χ0v) is 12.2. The highest BCUT2D eigenvalue weighted by Gasteiger charge is 2.35. The number of fused-ring (bicyclic) bond motifs is 1. The summed E-state index contributed by atoms with van der Waals surface area (Å²) in [5.74, 6) is -3.69. The molecule has 0 unspecified atom stereocenters. The second kappa shape index (κ2) is 5.56. The maximum absolute atomic E-state index is 12.9. The number of alkyl halides is 3. The Morgan fingerprint density at radius 2 is 1.92 bits per heavy atom. The Kier molecular flexibility index (Phi) is 3.64. The van der Waals surface area contributed by atoms with Crippen molar-refractivity contribution in [2.24, 2.45) is 0 Å². The molecule has 0 atom stereocenters. The lowest BCUT2D eigenvalue weighted by Gasteiger charge is -2.17. The second-order valence-electron chi connectivity index (χ2n) is 5.15. The number of carboxylic acids is 1. The van der Waals surface area contributed by atoms with Crippen LogP contribution in [0.3, 0.4) is 0 Å². The molecule has 0 aliphatic heterocycles. The number of hydrogen-bond acceptors (Lipinski definition) is 4. The van der Waals surface area contributed by atoms with Gasteiger partial charge in [0.1, 0.15) is 5.58 Å². The van der Waals surface area contributed by atoms with Crippen LogP contribution < -0.4 is 5.11 Å². The monoisotopic (exact) mass is 346 g/mol. The van der Waals surface area contributed by atoms with Gasteiger partial charge in [-0.05, 0) is 23.8 Å². The zero-order chi connectivity index (χ0) is 18.4. The van der Waals surface area contributed by atoms with E-state index < -0.39 is 29.2 Å². The van der Waals surface area contributed by atoms with Crippen molar-refractivity contribution in [1.29, 1.82) is 5.26 Å². The molecule has 25 heavy (non-hydrogen) atoms. The highest BCUT2D eigenvalue weighted by Crippen LogP contribution is 2.40. The van der Waals surface area contributed by atoms with Crippen LogP contribution in [0.1, 0.15) is 21.7 Å². The van der Waals surface area contributed by atoms with Gasteiger partial charge in [0.25, 0.3) is 0 Å². The van der Waals surface area contributed by atoms with E-state index in [1.807, 2.05) is 0 Å². The standard InChI is InChI=1S/C17H8F3NO4/c18-17(19,20)13-6-9-2-1-3-10(15(9)25-13)11-4-8(7-21)5-12(14(11)22)16(23)24/h1-6,22H,(H,23,24)/p-1. The molecular weight excluding hydrogens is 339 g/mol. The van der Waals surface area contributed by atoms with Crippen molar-refractivity contribution in [3.63, 3.8) is 0 Å². The molecule has 1 aromatic heterocycles. The molecule has 5 nitrogen and oxygen atoms in total. The number of nitrogens with zero attached hydrogens (tertiary/aromatic N) is 1. The fraction of sp³-hybridized carbons (Fsp3) is 0.0588. The van der Waals surface area contributed by atoms with Gasteiger partial charge >= 0.3 is 12.1 Å². The third-order valence-electron chi connectivity index (χ3n) is 3.56. The minimum Gasteiger partial charge on any atom is -0.871 e. The van der Waals surface area contributed by atoms with Crippen LogP contribution in [0.25, 0.3) is 22.1 Å². The number of rotatable bonds is 2. The minimum absolute atomic E-state index is 0.0161. The average molecular weight is 346 g/mol. The third kappa shape index (κ3) is 2.76. The Balaban J connectivity index is 2.34. The van der Waals surface area contributed by atoms with Gasteiger partial charge in [-0.3, -0.25) is 0 Å². The minimum atomic E-state index is -4.71. The van der Waals surface area contributed by atoms with Crippen molar-refractivity contribution < 1.29 is 32.6 Å². The zero-order valence-electron chi connectivity index (χ0n) is 12.2. The Morgan fingerprint density at radius 1 is 1.20 bits per heavy atom. The maximum atomic E-state index is 12.9. The van der Waals surface area contributed by atoms with E-state index in [9.17, 15) is 23.1 Å². The molecule has 3 aromatic rings. The van der Waals surface area contributed by atoms with Gasteiger partial charge in [0.15, 0.2) is 0 Å². The summed E-state index contributed by atoms with van der Waals surface area (Å²) < 4.78 is 43.4. The topological polar surface area (TPSA) is 97.3 Å². The van der Waals surface area contributed by atoms with Gasteiger partial charge in [0.05, 0.1) is 17.2 Å². The number of nitriles is 1. The Morgan fingerprint density at radius 3 is 2.52 bits per heavy atom. The van der Waals surface area contributed by atoms with Gasteiger partial charge in [0, 0.05) is 10.9 Å². The molecule has 0 amide bonds. The van der Waals surface area contributed by atoms with Crippen molar-refractivity contribution in [1.82, 2.24) is 0 Å². The van der Waals surface area contributed by atoms with Gasteiger partial charge in [-0.1, -0.05) is 23.9 Å². The first-order valence-corrected chi connectivity index (χ1v) is 6.81. The van der Waals surface area contributed by atoms with Crippen LogP contribution in [0.15, 0.2) is 40.8 Å². The predicted octanol–water partition coefficient (Wildman–Crippen LogP) is 3.76. The number of hydrogen-bond donors (Lipinski definition) is 1. The van der Waals surface area contributed by atoms with Crippen molar-refractivity contribution in [3.8, 4) is 22.9 Å². The first-order chi connectivity index (χ1) is 11.7. The van der Waals surface area contributed by atoms with Gasteiger partial charge in [-0.25, -0.2) is 4.79 Å². The van der Waals surface area contributed by atoms with Crippen LogP contribution in [-0.2, 0) is 6.18 Å². The fourth-order valence-electron chi connectivity index (χ4n) is 2.47. The second-order valence-corrected chi connectivity index (χ2v) is 5.15. The van der Waals surface area contributed by atoms with Crippen LogP contribution in [0, 0.1) is 11.3 Å². The molecule has 2 aromatic carbocycles. The lowest BCUT2D eigenvalue weighted by Crippen LogP contribution is -2.06. The number of halogens is 3. The van der Waals surface area contributed by atoms with Crippen LogP contribution >= 0.6 is 0 Å². The molecule has 0 aliphatic carbocycles. The lowest BCUT2D eigenvalue weighted by molar-refractivity contribution is -0.267. The van der Waals surface area contributed by atoms with Crippen LogP contribution in [-0.4, -0.2) is 11.1 Å². The van der Waals surface area contributed by atoms with E-state index in [4.69, 9.17) is 14.8 Å². The molecule has 0 aliphatic rings. The fourth-order valence-corrected chi connectivity index (χ4v) is 2.47. The highest BCUT2D eigenvalue weighted by molar-refractivity contribution is 5.99. The summed E-state index contributed by atoms with van der Waals surface area (Å²) in [6, 6.07) is 8.66. The Hall–Kier alpha value is -3.47. The smallest absolute Gasteiger partial charge is 0.449 e. The first-order valence-electron chi connectivity index (χ1n) is 6.81. The number of aromatic carboxylic acids is 1. The summed E-state index contributed by atoms with van der Waals surface area (Å²) in [6.07, 6.45) is -4.71. The number of carbonyl (C=O) groups is 1. The van der Waals surface area contributed by atoms with E-state index in [1.54, 1.807) is 6.07 Å².